The maximum absolute atomic E-state index is 12.6. The van der Waals surface area contributed by atoms with Crippen molar-refractivity contribution in [2.24, 2.45) is 0 Å². The summed E-state index contributed by atoms with van der Waals surface area (Å²) in [6.07, 6.45) is 0. The van der Waals surface area contributed by atoms with Crippen LogP contribution in [0.3, 0.4) is 0 Å². The van der Waals surface area contributed by atoms with Gasteiger partial charge in [0.1, 0.15) is 5.75 Å². The molecule has 1 aromatic carbocycles. The number of pyridine rings is 1. The minimum Gasteiger partial charge on any atom is -0.478 e. The molecule has 0 unspecified atom stereocenters. The average Bonchev–Trinajstić information content (AvgIpc) is 3.03. The first kappa shape index (κ1) is 20.9. The number of alkyl halides is 2. The Bertz CT molecular complexity index is 1010. The van der Waals surface area contributed by atoms with Gasteiger partial charge in [0.25, 0.3) is 5.91 Å². The van der Waals surface area contributed by atoms with E-state index in [9.17, 15) is 13.6 Å². The molecule has 2 heterocycles. The highest BCUT2D eigenvalue weighted by molar-refractivity contribution is 7.16. The molecule has 29 heavy (non-hydrogen) atoms. The van der Waals surface area contributed by atoms with Crippen molar-refractivity contribution in [1.29, 1.82) is 0 Å². The lowest BCUT2D eigenvalue weighted by Crippen LogP contribution is -2.14. The number of carbonyl (C=O) groups excluding carboxylic acids is 1. The molecule has 10 heteroatoms. The summed E-state index contributed by atoms with van der Waals surface area (Å²) >= 11 is 7.35. The van der Waals surface area contributed by atoms with Gasteiger partial charge in [-0.15, -0.1) is 11.3 Å². The number of carbonyl (C=O) groups is 1. The second-order valence-corrected chi connectivity index (χ2v) is 7.30. The molecular formula is C19H16ClF2N3O3S. The van der Waals surface area contributed by atoms with Crippen LogP contribution in [-0.4, -0.2) is 29.1 Å². The molecule has 0 saturated carbocycles. The number of hydrogen-bond acceptors (Lipinski definition) is 6. The van der Waals surface area contributed by atoms with Gasteiger partial charge < -0.3 is 9.47 Å². The fraction of sp³-hybridized carbons (Fsp3) is 0.211. The number of ether oxygens (including phenoxy) is 2. The number of amides is 1. The van der Waals surface area contributed by atoms with Crippen LogP contribution in [0.2, 0.25) is 5.02 Å². The number of halogens is 3. The van der Waals surface area contributed by atoms with Crippen LogP contribution in [-0.2, 0) is 0 Å². The Hall–Kier alpha value is -2.78. The van der Waals surface area contributed by atoms with Crippen LogP contribution in [0.1, 0.15) is 22.3 Å². The molecule has 0 spiro atoms. The summed E-state index contributed by atoms with van der Waals surface area (Å²) in [5.74, 6) is -0.165. The molecule has 3 aromatic rings. The van der Waals surface area contributed by atoms with Crippen molar-refractivity contribution in [2.75, 3.05) is 11.9 Å². The molecule has 0 bridgehead atoms. The standard InChI is InChI=1S/C19H16ClF2N3O3S/c1-3-27-14-9-8-13(20)16(23-14)17(26)25-19-24-15(10(2)29-19)11-4-6-12(7-5-11)28-18(21)22/h4-9,18H,3H2,1-2H3,(H,24,25,26). The maximum Gasteiger partial charge on any atom is 0.387 e. The van der Waals surface area contributed by atoms with Crippen molar-refractivity contribution in [2.45, 2.75) is 20.5 Å². The van der Waals surface area contributed by atoms with Gasteiger partial charge in [-0.3, -0.25) is 10.1 Å². The van der Waals surface area contributed by atoms with E-state index >= 15 is 0 Å². The lowest BCUT2D eigenvalue weighted by Gasteiger charge is -2.06. The molecule has 0 aliphatic heterocycles. The number of thiazole rings is 1. The summed E-state index contributed by atoms with van der Waals surface area (Å²) in [6, 6.07) is 9.22. The molecule has 0 atom stereocenters. The van der Waals surface area contributed by atoms with Crippen LogP contribution in [0.25, 0.3) is 11.3 Å². The van der Waals surface area contributed by atoms with E-state index in [1.54, 1.807) is 18.2 Å². The summed E-state index contributed by atoms with van der Waals surface area (Å²) in [5.41, 5.74) is 1.35. The van der Waals surface area contributed by atoms with E-state index in [2.05, 4.69) is 20.0 Å². The molecule has 1 amide bonds. The van der Waals surface area contributed by atoms with E-state index in [0.29, 0.717) is 28.9 Å². The SMILES string of the molecule is CCOc1ccc(Cl)c(C(=O)Nc2nc(-c3ccc(OC(F)F)cc3)c(C)s2)n1. The van der Waals surface area contributed by atoms with E-state index in [4.69, 9.17) is 16.3 Å². The Kier molecular flexibility index (Phi) is 6.60. The largest absolute Gasteiger partial charge is 0.478 e. The van der Waals surface area contributed by atoms with Crippen LogP contribution >= 0.6 is 22.9 Å². The summed E-state index contributed by atoms with van der Waals surface area (Å²) < 4.78 is 34.2. The Morgan fingerprint density at radius 3 is 2.59 bits per heavy atom. The van der Waals surface area contributed by atoms with Crippen LogP contribution in [0.4, 0.5) is 13.9 Å². The molecule has 3 rings (SSSR count). The zero-order valence-corrected chi connectivity index (χ0v) is 17.0. The lowest BCUT2D eigenvalue weighted by molar-refractivity contribution is -0.0498. The number of hydrogen-bond donors (Lipinski definition) is 1. The van der Waals surface area contributed by atoms with Gasteiger partial charge in [0, 0.05) is 16.5 Å². The molecule has 0 aliphatic rings. The van der Waals surface area contributed by atoms with E-state index < -0.39 is 12.5 Å². The van der Waals surface area contributed by atoms with Crippen LogP contribution in [0.15, 0.2) is 36.4 Å². The molecule has 1 N–H and O–H groups in total. The highest BCUT2D eigenvalue weighted by atomic mass is 35.5. The third kappa shape index (κ3) is 5.18. The van der Waals surface area contributed by atoms with Gasteiger partial charge in [-0.05, 0) is 44.2 Å². The van der Waals surface area contributed by atoms with Gasteiger partial charge in [0.2, 0.25) is 5.88 Å². The van der Waals surface area contributed by atoms with Gasteiger partial charge >= 0.3 is 6.61 Å². The number of nitrogens with one attached hydrogen (secondary N) is 1. The quantitative estimate of drug-likeness (QED) is 0.532. The topological polar surface area (TPSA) is 73.3 Å². The highest BCUT2D eigenvalue weighted by Crippen LogP contribution is 2.32. The smallest absolute Gasteiger partial charge is 0.387 e. The molecule has 152 valence electrons. The molecular weight excluding hydrogens is 424 g/mol. The fourth-order valence-electron chi connectivity index (χ4n) is 2.48. The van der Waals surface area contributed by atoms with E-state index in [0.717, 1.165) is 4.88 Å². The van der Waals surface area contributed by atoms with E-state index in [1.807, 2.05) is 13.8 Å². The van der Waals surface area contributed by atoms with Gasteiger partial charge in [-0.1, -0.05) is 11.6 Å². The van der Waals surface area contributed by atoms with E-state index in [1.165, 1.54) is 29.5 Å². The Balaban J connectivity index is 1.78. The Morgan fingerprint density at radius 1 is 1.21 bits per heavy atom. The zero-order chi connectivity index (χ0) is 21.0. The second kappa shape index (κ2) is 9.15. The summed E-state index contributed by atoms with van der Waals surface area (Å²) in [5, 5.41) is 3.22. The van der Waals surface area contributed by atoms with Gasteiger partial charge in [0.15, 0.2) is 10.8 Å². The number of anilines is 1. The number of aromatic nitrogens is 2. The van der Waals surface area contributed by atoms with Crippen LogP contribution in [0.5, 0.6) is 11.6 Å². The number of rotatable bonds is 7. The lowest BCUT2D eigenvalue weighted by atomic mass is 10.1. The number of nitrogens with zero attached hydrogens (tertiary/aromatic N) is 2. The normalized spacial score (nSPS) is 10.8. The number of benzene rings is 1. The monoisotopic (exact) mass is 439 g/mol. The van der Waals surface area contributed by atoms with Crippen molar-refractivity contribution in [1.82, 2.24) is 9.97 Å². The molecule has 6 nitrogen and oxygen atoms in total. The van der Waals surface area contributed by atoms with E-state index in [-0.39, 0.29) is 16.5 Å². The van der Waals surface area contributed by atoms with Crippen LogP contribution in [0, 0.1) is 6.92 Å². The third-order valence-electron chi connectivity index (χ3n) is 3.70. The number of aryl methyl sites for hydroxylation is 1. The van der Waals surface area contributed by atoms with Crippen LogP contribution < -0.4 is 14.8 Å². The van der Waals surface area contributed by atoms with Crippen molar-refractivity contribution in [3.05, 3.63) is 52.0 Å². The van der Waals surface area contributed by atoms with Crippen molar-refractivity contribution in [3.8, 4) is 22.9 Å². The predicted octanol–water partition coefficient (Wildman–Crippen LogP) is 5.42. The first-order valence-electron chi connectivity index (χ1n) is 8.50. The zero-order valence-electron chi connectivity index (χ0n) is 15.4. The van der Waals surface area contributed by atoms with Gasteiger partial charge in [-0.2, -0.15) is 8.78 Å². The summed E-state index contributed by atoms with van der Waals surface area (Å²) in [7, 11) is 0. The summed E-state index contributed by atoms with van der Waals surface area (Å²) in [6.45, 7) is 1.17. The highest BCUT2D eigenvalue weighted by Gasteiger charge is 2.17. The molecule has 0 fully saturated rings. The van der Waals surface area contributed by atoms with Crippen molar-refractivity contribution < 1.29 is 23.0 Å². The first-order valence-corrected chi connectivity index (χ1v) is 9.70. The average molecular weight is 440 g/mol. The fourth-order valence-corrected chi connectivity index (χ4v) is 3.50. The Labute approximate surface area is 174 Å². The second-order valence-electron chi connectivity index (χ2n) is 5.69. The minimum absolute atomic E-state index is 0.0283. The maximum atomic E-state index is 12.6. The minimum atomic E-state index is -2.88. The molecule has 0 aliphatic carbocycles. The first-order chi connectivity index (χ1) is 13.9. The van der Waals surface area contributed by atoms with Crippen molar-refractivity contribution in [3.63, 3.8) is 0 Å². The molecule has 0 saturated heterocycles. The van der Waals surface area contributed by atoms with Gasteiger partial charge in [-0.25, -0.2) is 9.97 Å². The Morgan fingerprint density at radius 2 is 1.93 bits per heavy atom. The van der Waals surface area contributed by atoms with Gasteiger partial charge in [0.05, 0.1) is 17.3 Å². The van der Waals surface area contributed by atoms with Crippen molar-refractivity contribution >= 4 is 34.0 Å². The molecule has 2 aromatic heterocycles. The predicted molar refractivity (Wildman–Crippen MR) is 107 cm³/mol. The summed E-state index contributed by atoms with van der Waals surface area (Å²) in [4.78, 5) is 21.9. The molecule has 0 radical (unpaired) electrons. The third-order valence-corrected chi connectivity index (χ3v) is 4.89.